The van der Waals surface area contributed by atoms with Gasteiger partial charge in [0.15, 0.2) is 0 Å². The number of benzene rings is 1. The highest BCUT2D eigenvalue weighted by Gasteiger charge is 2.32. The topological polar surface area (TPSA) is 99.1 Å². The summed E-state index contributed by atoms with van der Waals surface area (Å²) in [5.74, 6) is 0.168. The Morgan fingerprint density at radius 3 is 2.77 bits per heavy atom. The van der Waals surface area contributed by atoms with Gasteiger partial charge in [-0.3, -0.25) is 4.79 Å². The molecule has 1 aromatic carbocycles. The summed E-state index contributed by atoms with van der Waals surface area (Å²) in [6.45, 7) is 9.05. The number of aromatic hydroxyl groups is 1. The number of rotatable bonds is 9. The van der Waals surface area contributed by atoms with E-state index in [1.54, 1.807) is 0 Å². The Morgan fingerprint density at radius 2 is 2.09 bits per heavy atom. The molecule has 7 heteroatoms. The molecular weight excluding hydrogens is 444 g/mol. The van der Waals surface area contributed by atoms with Crippen molar-refractivity contribution in [3.8, 4) is 11.5 Å². The number of nitrogens with zero attached hydrogens (tertiary/aromatic N) is 1. The van der Waals surface area contributed by atoms with Crippen LogP contribution in [0.1, 0.15) is 94.1 Å². The predicted octanol–water partition coefficient (Wildman–Crippen LogP) is 5.91. The number of unbranched alkanes of at least 4 members (excludes halogenated alkanes) is 2. The number of carbonyl (C=O) groups excluding carboxylic acids is 1. The van der Waals surface area contributed by atoms with Gasteiger partial charge >= 0.3 is 6.09 Å². The number of hydrogen-bond donors (Lipinski definition) is 3. The minimum atomic E-state index is -0.976. The lowest BCUT2D eigenvalue weighted by atomic mass is 9.90. The normalized spacial score (nSPS) is 21.1. The summed E-state index contributed by atoms with van der Waals surface area (Å²) in [6, 6.07) is 1.63. The van der Waals surface area contributed by atoms with Crippen LogP contribution in [0.5, 0.6) is 11.5 Å². The fourth-order valence-corrected chi connectivity index (χ4v) is 4.83. The summed E-state index contributed by atoms with van der Waals surface area (Å²) in [7, 11) is 0. The van der Waals surface area contributed by atoms with Crippen LogP contribution in [-0.4, -0.2) is 51.8 Å². The van der Waals surface area contributed by atoms with Crippen LogP contribution >= 0.6 is 0 Å². The Balaban J connectivity index is 1.87. The van der Waals surface area contributed by atoms with Gasteiger partial charge in [0, 0.05) is 19.1 Å². The van der Waals surface area contributed by atoms with Crippen LogP contribution in [0.4, 0.5) is 4.79 Å². The summed E-state index contributed by atoms with van der Waals surface area (Å²) in [5.41, 5.74) is 2.33. The zero-order valence-corrected chi connectivity index (χ0v) is 21.5. The molecule has 0 aliphatic carbocycles. The number of likely N-dealkylation sites (tertiary alicyclic amines) is 1. The van der Waals surface area contributed by atoms with E-state index >= 15 is 0 Å². The molecule has 1 saturated heterocycles. The Kier molecular flexibility index (Phi) is 8.87. The van der Waals surface area contributed by atoms with Gasteiger partial charge in [0.1, 0.15) is 17.1 Å². The smallest absolute Gasteiger partial charge is 0.407 e. The molecule has 7 nitrogen and oxygen atoms in total. The predicted molar refractivity (Wildman–Crippen MR) is 138 cm³/mol. The highest BCUT2D eigenvalue weighted by molar-refractivity contribution is 6.00. The van der Waals surface area contributed by atoms with Crippen molar-refractivity contribution >= 4 is 18.1 Å². The van der Waals surface area contributed by atoms with Gasteiger partial charge in [-0.1, -0.05) is 31.4 Å². The second-order valence-electron chi connectivity index (χ2n) is 10.2. The van der Waals surface area contributed by atoms with Crippen LogP contribution in [0.3, 0.4) is 0 Å². The zero-order valence-electron chi connectivity index (χ0n) is 21.5. The van der Waals surface area contributed by atoms with Crippen LogP contribution < -0.4 is 10.1 Å². The molecule has 35 heavy (non-hydrogen) atoms. The Morgan fingerprint density at radius 1 is 1.31 bits per heavy atom. The molecule has 1 fully saturated rings. The quantitative estimate of drug-likeness (QED) is 0.299. The van der Waals surface area contributed by atoms with Crippen molar-refractivity contribution < 1.29 is 24.5 Å². The van der Waals surface area contributed by atoms with Gasteiger partial charge in [-0.2, -0.15) is 0 Å². The number of phenols is 1. The van der Waals surface area contributed by atoms with Crippen molar-refractivity contribution in [1.82, 2.24) is 10.2 Å². The highest BCUT2D eigenvalue weighted by atomic mass is 16.5. The molecule has 2 aliphatic heterocycles. The number of carboxylic acid groups (broad SMARTS) is 1. The highest BCUT2D eigenvalue weighted by Crippen LogP contribution is 2.42. The number of nitrogens with one attached hydrogen (secondary N) is 1. The maximum absolute atomic E-state index is 13.4. The number of phenolic OH excluding ortho intramolecular Hbond substituents is 1. The summed E-state index contributed by atoms with van der Waals surface area (Å²) >= 11 is 0. The van der Waals surface area contributed by atoms with Gasteiger partial charge in [-0.15, -0.1) is 0 Å². The number of ether oxygens (including phenoxy) is 1. The minimum absolute atomic E-state index is 0.0694. The van der Waals surface area contributed by atoms with E-state index in [0.717, 1.165) is 37.7 Å². The number of piperidine rings is 1. The maximum Gasteiger partial charge on any atom is 0.407 e. The molecule has 2 aliphatic rings. The molecule has 0 spiro atoms. The van der Waals surface area contributed by atoms with Gasteiger partial charge in [0.25, 0.3) is 5.91 Å². The Labute approximate surface area is 208 Å². The minimum Gasteiger partial charge on any atom is -0.506 e. The molecular formula is C28H40N2O5. The lowest BCUT2D eigenvalue weighted by Gasteiger charge is -2.33. The van der Waals surface area contributed by atoms with Crippen LogP contribution in [0.2, 0.25) is 0 Å². The molecule has 1 aromatic rings. The number of fused-ring (bicyclic) bond motifs is 1. The molecule has 3 N–H and O–H groups in total. The van der Waals surface area contributed by atoms with Crippen molar-refractivity contribution in [3.63, 3.8) is 0 Å². The Bertz CT molecular complexity index is 996. The van der Waals surface area contributed by atoms with Gasteiger partial charge in [0.05, 0.1) is 11.1 Å². The molecule has 0 bridgehead atoms. The number of carbonyl (C=O) groups is 2. The van der Waals surface area contributed by atoms with Crippen LogP contribution in [0, 0.1) is 0 Å². The number of hydrogen-bond acceptors (Lipinski definition) is 4. The molecule has 2 amide bonds. The Hall–Kier alpha value is -2.96. The zero-order chi connectivity index (χ0) is 25.6. The van der Waals surface area contributed by atoms with Gasteiger partial charge < -0.3 is 25.2 Å². The molecule has 0 radical (unpaired) electrons. The molecule has 0 aromatic heterocycles. The van der Waals surface area contributed by atoms with E-state index in [-0.39, 0.29) is 29.8 Å². The van der Waals surface area contributed by atoms with E-state index in [4.69, 9.17) is 4.74 Å². The monoisotopic (exact) mass is 484 g/mol. The van der Waals surface area contributed by atoms with E-state index in [0.29, 0.717) is 37.1 Å². The first-order valence-corrected chi connectivity index (χ1v) is 12.8. The number of amides is 2. The SMILES string of the molecule is CCCCCc1cc2c(c(O)c1C(=O)N[C@H]1CCCN(C(=O)O)C1)C=CC(C)(CCC=C(C)C)O2. The van der Waals surface area contributed by atoms with Crippen molar-refractivity contribution in [3.05, 3.63) is 40.5 Å². The summed E-state index contributed by atoms with van der Waals surface area (Å²) in [4.78, 5) is 26.1. The van der Waals surface area contributed by atoms with E-state index < -0.39 is 11.7 Å². The third-order valence-electron chi connectivity index (χ3n) is 6.83. The lowest BCUT2D eigenvalue weighted by Crippen LogP contribution is -2.49. The van der Waals surface area contributed by atoms with Crippen molar-refractivity contribution in [2.75, 3.05) is 13.1 Å². The van der Waals surface area contributed by atoms with Gasteiger partial charge in [0.2, 0.25) is 0 Å². The number of aryl methyl sites for hydroxylation is 1. The van der Waals surface area contributed by atoms with Crippen LogP contribution in [-0.2, 0) is 6.42 Å². The van der Waals surface area contributed by atoms with E-state index in [1.165, 1.54) is 10.5 Å². The fourth-order valence-electron chi connectivity index (χ4n) is 4.83. The van der Waals surface area contributed by atoms with Crippen molar-refractivity contribution in [2.24, 2.45) is 0 Å². The second-order valence-corrected chi connectivity index (χ2v) is 10.2. The first-order valence-electron chi connectivity index (χ1n) is 12.8. The second kappa shape index (κ2) is 11.6. The summed E-state index contributed by atoms with van der Waals surface area (Å²) in [6.07, 6.45) is 11.8. The average Bonchev–Trinajstić information content (AvgIpc) is 2.78. The van der Waals surface area contributed by atoms with Crippen molar-refractivity contribution in [1.29, 1.82) is 0 Å². The van der Waals surface area contributed by atoms with Gasteiger partial charge in [-0.05, 0) is 83.1 Å². The molecule has 2 heterocycles. The molecule has 192 valence electrons. The standard InChI is InChI=1S/C28H40N2O5/c1-5-6-7-11-20-17-23-22(13-15-28(4,35-23)14-8-10-19(2)3)25(31)24(20)26(32)29-21-12-9-16-30(18-21)27(33)34/h10,13,15,17,21,31H,5-9,11-12,14,16,18H2,1-4H3,(H,29,32)(H,33,34)/t21-,28?/m0/s1. The largest absolute Gasteiger partial charge is 0.506 e. The third kappa shape index (κ3) is 6.80. The average molecular weight is 485 g/mol. The number of allylic oxidation sites excluding steroid dienone is 2. The fraction of sp³-hybridized carbons (Fsp3) is 0.571. The van der Waals surface area contributed by atoms with Crippen LogP contribution in [0.25, 0.3) is 6.08 Å². The maximum atomic E-state index is 13.4. The first kappa shape index (κ1) is 26.6. The van der Waals surface area contributed by atoms with E-state index in [1.807, 2.05) is 25.1 Å². The lowest BCUT2D eigenvalue weighted by molar-refractivity contribution is 0.0884. The van der Waals surface area contributed by atoms with E-state index in [9.17, 15) is 19.8 Å². The molecule has 0 saturated carbocycles. The van der Waals surface area contributed by atoms with Gasteiger partial charge in [-0.25, -0.2) is 4.79 Å². The first-order chi connectivity index (χ1) is 16.6. The molecule has 3 rings (SSSR count). The third-order valence-corrected chi connectivity index (χ3v) is 6.83. The van der Waals surface area contributed by atoms with Crippen molar-refractivity contribution in [2.45, 2.75) is 90.7 Å². The molecule has 1 unspecified atom stereocenters. The molecule has 2 atom stereocenters. The van der Waals surface area contributed by atoms with E-state index in [2.05, 4.69) is 32.2 Å². The van der Waals surface area contributed by atoms with Crippen LogP contribution in [0.15, 0.2) is 23.8 Å². The summed E-state index contributed by atoms with van der Waals surface area (Å²) in [5, 5.41) is 23.5. The summed E-state index contributed by atoms with van der Waals surface area (Å²) < 4.78 is 6.37.